The van der Waals surface area contributed by atoms with Crippen molar-refractivity contribution in [2.24, 2.45) is 5.92 Å². The van der Waals surface area contributed by atoms with E-state index in [4.69, 9.17) is 21.7 Å². The molecular formula is C9H18O2S. The lowest BCUT2D eigenvalue weighted by atomic mass is 10.0. The van der Waals surface area contributed by atoms with E-state index < -0.39 is 0 Å². The minimum atomic E-state index is 0.197. The van der Waals surface area contributed by atoms with E-state index in [-0.39, 0.29) is 6.10 Å². The van der Waals surface area contributed by atoms with Crippen molar-refractivity contribution in [2.75, 3.05) is 13.7 Å². The summed E-state index contributed by atoms with van der Waals surface area (Å²) in [4.78, 5) is 0. The SMILES string of the molecule is COCCC(OC(C)=S)C(C)C. The zero-order valence-electron chi connectivity index (χ0n) is 8.29. The molecule has 0 saturated carbocycles. The molecule has 0 aliphatic rings. The Balaban J connectivity index is 3.78. The standard InChI is InChI=1S/C9H18O2S/c1-7(2)9(5-6-10-4)11-8(3)12/h7,9H,5-6H2,1-4H3. The van der Waals surface area contributed by atoms with E-state index in [1.807, 2.05) is 0 Å². The molecule has 0 aliphatic heterocycles. The van der Waals surface area contributed by atoms with Crippen LogP contribution in [0.5, 0.6) is 0 Å². The largest absolute Gasteiger partial charge is 0.484 e. The highest BCUT2D eigenvalue weighted by Crippen LogP contribution is 2.11. The Morgan fingerprint density at radius 1 is 1.42 bits per heavy atom. The zero-order chi connectivity index (χ0) is 9.56. The topological polar surface area (TPSA) is 18.5 Å². The molecule has 0 N–H and O–H groups in total. The molecule has 0 heterocycles. The molecule has 2 nitrogen and oxygen atoms in total. The molecule has 12 heavy (non-hydrogen) atoms. The van der Waals surface area contributed by atoms with Gasteiger partial charge in [0, 0.05) is 27.1 Å². The molecule has 0 bridgehead atoms. The van der Waals surface area contributed by atoms with Crippen LogP contribution < -0.4 is 0 Å². The average Bonchev–Trinajstić information content (AvgIpc) is 1.96. The van der Waals surface area contributed by atoms with E-state index in [0.29, 0.717) is 11.0 Å². The van der Waals surface area contributed by atoms with Gasteiger partial charge in [-0.15, -0.1) is 0 Å². The van der Waals surface area contributed by atoms with Gasteiger partial charge in [-0.1, -0.05) is 13.8 Å². The molecular weight excluding hydrogens is 172 g/mol. The first-order valence-corrected chi connectivity index (χ1v) is 4.65. The fourth-order valence-corrected chi connectivity index (χ4v) is 1.10. The van der Waals surface area contributed by atoms with Gasteiger partial charge >= 0.3 is 0 Å². The molecule has 0 aromatic carbocycles. The van der Waals surface area contributed by atoms with E-state index >= 15 is 0 Å². The van der Waals surface area contributed by atoms with Crippen LogP contribution in [0, 0.1) is 5.92 Å². The predicted molar refractivity (Wildman–Crippen MR) is 54.5 cm³/mol. The molecule has 0 amide bonds. The monoisotopic (exact) mass is 190 g/mol. The lowest BCUT2D eigenvalue weighted by molar-refractivity contribution is 0.0902. The van der Waals surface area contributed by atoms with Crippen LogP contribution in [0.2, 0.25) is 0 Å². The highest BCUT2D eigenvalue weighted by atomic mass is 32.1. The quantitative estimate of drug-likeness (QED) is 0.620. The van der Waals surface area contributed by atoms with Crippen LogP contribution in [0.3, 0.4) is 0 Å². The van der Waals surface area contributed by atoms with Gasteiger partial charge in [-0.05, 0) is 18.1 Å². The molecule has 0 aromatic heterocycles. The fourth-order valence-electron chi connectivity index (χ4n) is 0.976. The average molecular weight is 190 g/mol. The van der Waals surface area contributed by atoms with Gasteiger partial charge in [0.25, 0.3) is 0 Å². The molecule has 0 saturated heterocycles. The summed E-state index contributed by atoms with van der Waals surface area (Å²) in [6.07, 6.45) is 1.10. The number of hydrogen-bond donors (Lipinski definition) is 0. The molecule has 0 radical (unpaired) electrons. The summed E-state index contributed by atoms with van der Waals surface area (Å²) in [5.41, 5.74) is 0. The number of hydrogen-bond acceptors (Lipinski definition) is 3. The number of ether oxygens (including phenoxy) is 2. The molecule has 0 aromatic rings. The van der Waals surface area contributed by atoms with Crippen LogP contribution in [0.25, 0.3) is 0 Å². The zero-order valence-corrected chi connectivity index (χ0v) is 9.11. The first-order chi connectivity index (χ1) is 5.57. The highest BCUT2D eigenvalue weighted by molar-refractivity contribution is 7.80. The Morgan fingerprint density at radius 2 is 2.00 bits per heavy atom. The predicted octanol–water partition coefficient (Wildman–Crippen LogP) is 2.41. The smallest absolute Gasteiger partial charge is 0.157 e. The van der Waals surface area contributed by atoms with Crippen LogP contribution in [0.4, 0.5) is 0 Å². The van der Waals surface area contributed by atoms with Crippen molar-refractivity contribution >= 4 is 17.3 Å². The van der Waals surface area contributed by atoms with Gasteiger partial charge in [0.2, 0.25) is 0 Å². The molecule has 3 heteroatoms. The maximum atomic E-state index is 5.47. The van der Waals surface area contributed by atoms with Gasteiger partial charge in [0.15, 0.2) is 5.05 Å². The van der Waals surface area contributed by atoms with E-state index in [1.165, 1.54) is 0 Å². The second-order valence-electron chi connectivity index (χ2n) is 3.17. The lowest BCUT2D eigenvalue weighted by Gasteiger charge is -2.21. The van der Waals surface area contributed by atoms with E-state index in [9.17, 15) is 0 Å². The van der Waals surface area contributed by atoms with Crippen LogP contribution in [0.15, 0.2) is 0 Å². The second kappa shape index (κ2) is 6.38. The Labute approximate surface area is 80.2 Å². The number of methoxy groups -OCH3 is 1. The fraction of sp³-hybridized carbons (Fsp3) is 0.889. The molecule has 1 atom stereocenters. The number of thiocarbonyl (C=S) groups is 1. The van der Waals surface area contributed by atoms with Gasteiger partial charge in [0.1, 0.15) is 6.10 Å². The van der Waals surface area contributed by atoms with Gasteiger partial charge < -0.3 is 9.47 Å². The van der Waals surface area contributed by atoms with E-state index in [2.05, 4.69) is 13.8 Å². The molecule has 1 unspecified atom stereocenters. The normalized spacial score (nSPS) is 13.1. The summed E-state index contributed by atoms with van der Waals surface area (Å²) in [6.45, 7) is 6.78. The number of rotatable bonds is 5. The molecule has 0 fully saturated rings. The highest BCUT2D eigenvalue weighted by Gasteiger charge is 2.14. The van der Waals surface area contributed by atoms with Crippen LogP contribution in [0.1, 0.15) is 27.2 Å². The maximum Gasteiger partial charge on any atom is 0.157 e. The maximum absolute atomic E-state index is 5.47. The Bertz CT molecular complexity index is 134. The summed E-state index contributed by atoms with van der Waals surface area (Å²) in [6, 6.07) is 0. The molecule has 0 aliphatic carbocycles. The van der Waals surface area contributed by atoms with Crippen molar-refractivity contribution in [3.05, 3.63) is 0 Å². The molecule has 0 spiro atoms. The first-order valence-electron chi connectivity index (χ1n) is 4.24. The Morgan fingerprint density at radius 3 is 2.33 bits per heavy atom. The van der Waals surface area contributed by atoms with Crippen molar-refractivity contribution < 1.29 is 9.47 Å². The lowest BCUT2D eigenvalue weighted by Crippen LogP contribution is -2.23. The van der Waals surface area contributed by atoms with E-state index in [0.717, 1.165) is 13.0 Å². The van der Waals surface area contributed by atoms with Crippen molar-refractivity contribution in [3.63, 3.8) is 0 Å². The van der Waals surface area contributed by atoms with Crippen molar-refractivity contribution in [1.82, 2.24) is 0 Å². The van der Waals surface area contributed by atoms with Crippen molar-refractivity contribution in [2.45, 2.75) is 33.3 Å². The Hall–Kier alpha value is -0.150. The van der Waals surface area contributed by atoms with Gasteiger partial charge in [-0.2, -0.15) is 0 Å². The summed E-state index contributed by atoms with van der Waals surface area (Å²) in [5.74, 6) is 0.484. The van der Waals surface area contributed by atoms with Crippen molar-refractivity contribution in [3.8, 4) is 0 Å². The third-order valence-corrected chi connectivity index (χ3v) is 1.76. The molecule has 0 rings (SSSR count). The summed E-state index contributed by atoms with van der Waals surface area (Å²) < 4.78 is 10.4. The summed E-state index contributed by atoms with van der Waals surface area (Å²) in [7, 11) is 1.70. The van der Waals surface area contributed by atoms with Crippen LogP contribution >= 0.6 is 12.2 Å². The minimum absolute atomic E-state index is 0.197. The van der Waals surface area contributed by atoms with Gasteiger partial charge in [-0.3, -0.25) is 0 Å². The first kappa shape index (κ1) is 11.8. The Kier molecular flexibility index (Phi) is 6.30. The second-order valence-corrected chi connectivity index (χ2v) is 3.75. The third-order valence-electron chi connectivity index (χ3n) is 1.67. The van der Waals surface area contributed by atoms with Gasteiger partial charge in [-0.25, -0.2) is 0 Å². The minimum Gasteiger partial charge on any atom is -0.484 e. The van der Waals surface area contributed by atoms with Crippen LogP contribution in [-0.2, 0) is 9.47 Å². The summed E-state index contributed by atoms with van der Waals surface area (Å²) >= 11 is 4.88. The van der Waals surface area contributed by atoms with Crippen LogP contribution in [-0.4, -0.2) is 24.9 Å². The summed E-state index contributed by atoms with van der Waals surface area (Å²) in [5, 5.41) is 0.616. The molecule has 72 valence electrons. The third kappa shape index (κ3) is 5.49. The van der Waals surface area contributed by atoms with Gasteiger partial charge in [0.05, 0.1) is 0 Å². The van der Waals surface area contributed by atoms with Crippen molar-refractivity contribution in [1.29, 1.82) is 0 Å². The van der Waals surface area contributed by atoms with E-state index in [1.54, 1.807) is 14.0 Å².